The van der Waals surface area contributed by atoms with E-state index in [4.69, 9.17) is 5.73 Å². The Balaban J connectivity index is 2.10. The smallest absolute Gasteiger partial charge is 0.240 e. The molecule has 0 radical (unpaired) electrons. The molecule has 0 aromatic heterocycles. The van der Waals surface area contributed by atoms with Gasteiger partial charge in [0.05, 0.1) is 4.90 Å². The third kappa shape index (κ3) is 3.75. The van der Waals surface area contributed by atoms with Crippen LogP contribution in [0, 0.1) is 12.3 Å². The van der Waals surface area contributed by atoms with Crippen LogP contribution in [0.25, 0.3) is 0 Å². The van der Waals surface area contributed by atoms with Crippen LogP contribution < -0.4 is 10.5 Å². The van der Waals surface area contributed by atoms with E-state index >= 15 is 0 Å². The number of likely N-dealkylation sites (tertiary alicyclic amines) is 1. The van der Waals surface area contributed by atoms with Crippen LogP contribution in [-0.2, 0) is 10.0 Å². The predicted octanol–water partition coefficient (Wildman–Crippen LogP) is 1.59. The summed E-state index contributed by atoms with van der Waals surface area (Å²) in [5, 5.41) is 0. The van der Waals surface area contributed by atoms with Crippen molar-refractivity contribution >= 4 is 15.7 Å². The van der Waals surface area contributed by atoms with Gasteiger partial charge in [-0.3, -0.25) is 0 Å². The Morgan fingerprint density at radius 3 is 2.57 bits per heavy atom. The minimum atomic E-state index is -3.51. The minimum Gasteiger partial charge on any atom is -0.398 e. The molecule has 3 N–H and O–H groups in total. The van der Waals surface area contributed by atoms with Crippen LogP contribution in [0.3, 0.4) is 0 Å². The zero-order valence-electron chi connectivity index (χ0n) is 13.0. The number of sulfonamides is 1. The van der Waals surface area contributed by atoms with E-state index in [2.05, 4.69) is 23.6 Å². The van der Waals surface area contributed by atoms with E-state index in [1.807, 2.05) is 0 Å². The lowest BCUT2D eigenvalue weighted by atomic mass is 9.81. The first kappa shape index (κ1) is 16.3. The SMILES string of the molecule is Cc1c(N)cccc1S(=O)(=O)NCC1(C)CCN(C)CC1. The maximum Gasteiger partial charge on any atom is 0.240 e. The van der Waals surface area contributed by atoms with E-state index in [1.54, 1.807) is 25.1 Å². The van der Waals surface area contributed by atoms with Gasteiger partial charge in [-0.15, -0.1) is 0 Å². The summed E-state index contributed by atoms with van der Waals surface area (Å²) in [4.78, 5) is 2.55. The number of nitrogen functional groups attached to an aromatic ring is 1. The summed E-state index contributed by atoms with van der Waals surface area (Å²) in [6.45, 7) is 6.37. The molecule has 0 aliphatic carbocycles. The molecule has 1 heterocycles. The predicted molar refractivity (Wildman–Crippen MR) is 85.6 cm³/mol. The highest BCUT2D eigenvalue weighted by Crippen LogP contribution is 2.30. The van der Waals surface area contributed by atoms with Crippen molar-refractivity contribution in [1.29, 1.82) is 0 Å². The van der Waals surface area contributed by atoms with Crippen LogP contribution in [0.1, 0.15) is 25.3 Å². The van der Waals surface area contributed by atoms with E-state index in [1.165, 1.54) is 0 Å². The molecule has 1 aromatic rings. The summed E-state index contributed by atoms with van der Waals surface area (Å²) in [6.07, 6.45) is 2.00. The molecule has 0 spiro atoms. The van der Waals surface area contributed by atoms with Gasteiger partial charge in [0.25, 0.3) is 0 Å². The number of benzene rings is 1. The van der Waals surface area contributed by atoms with E-state index in [-0.39, 0.29) is 10.3 Å². The highest BCUT2D eigenvalue weighted by Gasteiger charge is 2.30. The van der Waals surface area contributed by atoms with Gasteiger partial charge in [0.1, 0.15) is 0 Å². The van der Waals surface area contributed by atoms with Crippen LogP contribution in [0.15, 0.2) is 23.1 Å². The Bertz CT molecular complexity index is 605. The molecule has 0 amide bonds. The first-order valence-electron chi connectivity index (χ1n) is 7.27. The third-order valence-corrected chi connectivity index (χ3v) is 6.04. The van der Waals surface area contributed by atoms with Gasteiger partial charge >= 0.3 is 0 Å². The Labute approximate surface area is 127 Å². The summed E-state index contributed by atoms with van der Waals surface area (Å²) in [5.41, 5.74) is 6.93. The van der Waals surface area contributed by atoms with Gasteiger partial charge in [0.15, 0.2) is 0 Å². The average Bonchev–Trinajstić information content (AvgIpc) is 2.43. The third-order valence-electron chi connectivity index (χ3n) is 4.50. The van der Waals surface area contributed by atoms with Crippen LogP contribution >= 0.6 is 0 Å². The fourth-order valence-corrected chi connectivity index (χ4v) is 4.08. The Morgan fingerprint density at radius 2 is 1.95 bits per heavy atom. The average molecular weight is 311 g/mol. The van der Waals surface area contributed by atoms with E-state index in [0.29, 0.717) is 17.8 Å². The second-order valence-corrected chi connectivity index (χ2v) is 8.14. The zero-order chi connectivity index (χ0) is 15.7. The zero-order valence-corrected chi connectivity index (χ0v) is 13.8. The highest BCUT2D eigenvalue weighted by atomic mass is 32.2. The van der Waals surface area contributed by atoms with Gasteiger partial charge in [-0.1, -0.05) is 13.0 Å². The van der Waals surface area contributed by atoms with Crippen molar-refractivity contribution in [2.24, 2.45) is 5.41 Å². The van der Waals surface area contributed by atoms with E-state index in [0.717, 1.165) is 25.9 Å². The standard InChI is InChI=1S/C15H25N3O2S/c1-12-13(16)5-4-6-14(12)21(19,20)17-11-15(2)7-9-18(3)10-8-15/h4-6,17H,7-11,16H2,1-3H3. The number of piperidine rings is 1. The molecular formula is C15H25N3O2S. The van der Waals surface area contributed by atoms with Gasteiger partial charge in [-0.2, -0.15) is 0 Å². The van der Waals surface area contributed by atoms with Crippen LogP contribution in [-0.4, -0.2) is 40.0 Å². The molecule has 5 nitrogen and oxygen atoms in total. The van der Waals surface area contributed by atoms with Crippen molar-refractivity contribution in [3.05, 3.63) is 23.8 Å². The molecule has 0 atom stereocenters. The Morgan fingerprint density at radius 1 is 1.33 bits per heavy atom. The van der Waals surface area contributed by atoms with Crippen molar-refractivity contribution in [3.8, 4) is 0 Å². The number of anilines is 1. The summed E-state index contributed by atoms with van der Waals surface area (Å²) in [6, 6.07) is 4.99. The number of nitrogens with two attached hydrogens (primary N) is 1. The fraction of sp³-hybridized carbons (Fsp3) is 0.600. The van der Waals surface area contributed by atoms with E-state index < -0.39 is 10.0 Å². The lowest BCUT2D eigenvalue weighted by molar-refractivity contribution is 0.143. The van der Waals surface area contributed by atoms with Crippen molar-refractivity contribution in [1.82, 2.24) is 9.62 Å². The number of hydrogen-bond donors (Lipinski definition) is 2. The monoisotopic (exact) mass is 311 g/mol. The normalized spacial score (nSPS) is 19.6. The van der Waals surface area contributed by atoms with Crippen LogP contribution in [0.2, 0.25) is 0 Å². The van der Waals surface area contributed by atoms with Gasteiger partial charge < -0.3 is 10.6 Å². The van der Waals surface area contributed by atoms with Gasteiger partial charge in [0, 0.05) is 12.2 Å². The molecule has 0 bridgehead atoms. The largest absolute Gasteiger partial charge is 0.398 e. The summed E-state index contributed by atoms with van der Waals surface area (Å²) >= 11 is 0. The molecule has 6 heteroatoms. The molecule has 1 saturated heterocycles. The molecule has 2 rings (SSSR count). The maximum atomic E-state index is 12.5. The summed E-state index contributed by atoms with van der Waals surface area (Å²) in [5.74, 6) is 0. The topological polar surface area (TPSA) is 75.4 Å². The summed E-state index contributed by atoms with van der Waals surface area (Å²) < 4.78 is 27.7. The number of rotatable bonds is 4. The van der Waals surface area contributed by atoms with Crippen molar-refractivity contribution in [3.63, 3.8) is 0 Å². The van der Waals surface area contributed by atoms with Gasteiger partial charge in [-0.25, -0.2) is 13.1 Å². The van der Waals surface area contributed by atoms with Crippen LogP contribution in [0.4, 0.5) is 5.69 Å². The molecular weight excluding hydrogens is 286 g/mol. The molecule has 1 aromatic carbocycles. The van der Waals surface area contributed by atoms with Crippen molar-refractivity contribution < 1.29 is 8.42 Å². The Hall–Kier alpha value is -1.11. The molecule has 0 saturated carbocycles. The van der Waals surface area contributed by atoms with Gasteiger partial charge in [0.2, 0.25) is 10.0 Å². The van der Waals surface area contributed by atoms with E-state index in [9.17, 15) is 8.42 Å². The fourth-order valence-electron chi connectivity index (χ4n) is 2.60. The molecule has 1 aliphatic heterocycles. The molecule has 0 unspecified atom stereocenters. The molecule has 118 valence electrons. The number of nitrogens with zero attached hydrogens (tertiary/aromatic N) is 1. The second kappa shape index (κ2) is 5.94. The molecule has 1 aliphatic rings. The number of nitrogens with one attached hydrogen (secondary N) is 1. The molecule has 21 heavy (non-hydrogen) atoms. The maximum absolute atomic E-state index is 12.5. The summed E-state index contributed by atoms with van der Waals surface area (Å²) in [7, 11) is -1.41. The first-order chi connectivity index (χ1) is 9.73. The number of hydrogen-bond acceptors (Lipinski definition) is 4. The lowest BCUT2D eigenvalue weighted by Crippen LogP contribution is -2.43. The first-order valence-corrected chi connectivity index (χ1v) is 8.75. The van der Waals surface area contributed by atoms with Crippen molar-refractivity contribution in [2.75, 3.05) is 32.4 Å². The molecule has 1 fully saturated rings. The lowest BCUT2D eigenvalue weighted by Gasteiger charge is -2.37. The quantitative estimate of drug-likeness (QED) is 0.828. The second-order valence-electron chi connectivity index (χ2n) is 6.41. The van der Waals surface area contributed by atoms with Crippen molar-refractivity contribution in [2.45, 2.75) is 31.6 Å². The minimum absolute atomic E-state index is 0.0216. The van der Waals surface area contributed by atoms with Crippen LogP contribution in [0.5, 0.6) is 0 Å². The highest BCUT2D eigenvalue weighted by molar-refractivity contribution is 7.89. The Kier molecular flexibility index (Phi) is 4.60. The van der Waals surface area contributed by atoms with Gasteiger partial charge in [-0.05, 0) is 63.0 Å².